The van der Waals surface area contributed by atoms with Crippen molar-refractivity contribution in [2.24, 2.45) is 0 Å². The molecule has 1 aliphatic heterocycles. The zero-order valence-electron chi connectivity index (χ0n) is 16.8. The summed E-state index contributed by atoms with van der Waals surface area (Å²) in [6, 6.07) is 10.9. The Morgan fingerprint density at radius 1 is 1.07 bits per heavy atom. The van der Waals surface area contributed by atoms with Crippen molar-refractivity contribution in [3.63, 3.8) is 0 Å². The van der Waals surface area contributed by atoms with Gasteiger partial charge in [-0.25, -0.2) is 0 Å². The second-order valence-corrected chi connectivity index (χ2v) is 9.14. The lowest BCUT2D eigenvalue weighted by atomic mass is 10.2. The van der Waals surface area contributed by atoms with E-state index in [-0.39, 0.29) is 5.91 Å². The molecule has 1 aliphatic carbocycles. The van der Waals surface area contributed by atoms with Gasteiger partial charge in [0.15, 0.2) is 0 Å². The quantitative estimate of drug-likeness (QED) is 0.622. The molecule has 6 heteroatoms. The number of rotatable bonds is 4. The molecule has 0 radical (unpaired) electrons. The minimum Gasteiger partial charge on any atom is -0.497 e. The fourth-order valence-corrected chi connectivity index (χ4v) is 5.65. The molecular weight excluding hydrogens is 382 g/mol. The van der Waals surface area contributed by atoms with E-state index in [4.69, 9.17) is 4.74 Å². The van der Waals surface area contributed by atoms with E-state index < -0.39 is 0 Å². The van der Waals surface area contributed by atoms with Crippen LogP contribution >= 0.6 is 11.3 Å². The Balaban J connectivity index is 1.24. The Morgan fingerprint density at radius 3 is 2.59 bits per heavy atom. The highest BCUT2D eigenvalue weighted by Crippen LogP contribution is 2.34. The minimum atomic E-state index is 0.170. The minimum absolute atomic E-state index is 0.170. The maximum absolute atomic E-state index is 13.0. The largest absolute Gasteiger partial charge is 0.497 e. The Bertz CT molecular complexity index is 979. The van der Waals surface area contributed by atoms with Crippen molar-refractivity contribution < 1.29 is 9.53 Å². The van der Waals surface area contributed by atoms with Gasteiger partial charge in [0.2, 0.25) is 0 Å². The van der Waals surface area contributed by atoms with Gasteiger partial charge in [-0.05, 0) is 31.0 Å². The predicted octanol–water partition coefficient (Wildman–Crippen LogP) is 4.79. The van der Waals surface area contributed by atoms with Gasteiger partial charge in [-0.1, -0.05) is 18.9 Å². The first-order chi connectivity index (χ1) is 14.2. The Morgan fingerprint density at radius 2 is 1.86 bits per heavy atom. The highest BCUT2D eigenvalue weighted by molar-refractivity contribution is 7.20. The van der Waals surface area contributed by atoms with Crippen molar-refractivity contribution in [3.05, 3.63) is 47.6 Å². The molecule has 5 rings (SSSR count). The number of aromatic nitrogens is 1. The predicted molar refractivity (Wildman–Crippen MR) is 118 cm³/mol. The first kappa shape index (κ1) is 18.6. The summed E-state index contributed by atoms with van der Waals surface area (Å²) < 4.78 is 8.94. The molecular formula is C23H27N3O2S. The van der Waals surface area contributed by atoms with E-state index in [0.29, 0.717) is 6.04 Å². The average Bonchev–Trinajstić information content (AvgIpc) is 3.49. The van der Waals surface area contributed by atoms with E-state index in [9.17, 15) is 4.79 Å². The molecule has 29 heavy (non-hydrogen) atoms. The van der Waals surface area contributed by atoms with Crippen molar-refractivity contribution in [2.45, 2.75) is 31.7 Å². The summed E-state index contributed by atoms with van der Waals surface area (Å²) in [5.74, 6) is 1.04. The van der Waals surface area contributed by atoms with Gasteiger partial charge in [0.1, 0.15) is 5.75 Å². The van der Waals surface area contributed by atoms with Crippen LogP contribution in [-0.4, -0.2) is 48.7 Å². The van der Waals surface area contributed by atoms with E-state index in [1.54, 1.807) is 18.4 Å². The van der Waals surface area contributed by atoms with Crippen LogP contribution in [0.4, 0.5) is 5.69 Å². The van der Waals surface area contributed by atoms with Gasteiger partial charge in [0.05, 0.1) is 16.7 Å². The molecule has 152 valence electrons. The summed E-state index contributed by atoms with van der Waals surface area (Å²) in [5.41, 5.74) is 1.16. The highest BCUT2D eigenvalue weighted by Gasteiger charge is 2.25. The van der Waals surface area contributed by atoms with Gasteiger partial charge in [-0.15, -0.1) is 11.3 Å². The normalized spacial score (nSPS) is 18.0. The number of amides is 1. The second-order valence-electron chi connectivity index (χ2n) is 8.05. The molecule has 1 saturated carbocycles. The summed E-state index contributed by atoms with van der Waals surface area (Å²) in [6.45, 7) is 3.19. The molecule has 0 spiro atoms. The third-order valence-corrected chi connectivity index (χ3v) is 7.36. The van der Waals surface area contributed by atoms with Gasteiger partial charge < -0.3 is 19.1 Å². The van der Waals surface area contributed by atoms with Crippen LogP contribution in [0.15, 0.2) is 42.7 Å². The van der Waals surface area contributed by atoms with Crippen molar-refractivity contribution in [2.75, 3.05) is 38.2 Å². The summed E-state index contributed by atoms with van der Waals surface area (Å²) >= 11 is 1.64. The standard InChI is InChI=1S/C23H27N3O2S/c1-28-20-8-4-7-19(14-20)24-9-11-25(12-10-24)23(27)21-13-17-15-26(16-22(17)29-21)18-5-2-3-6-18/h4,7-8,13-16,18H,2-3,5-6,9-12H2,1H3. The van der Waals surface area contributed by atoms with Crippen molar-refractivity contribution in [1.29, 1.82) is 0 Å². The molecule has 3 aromatic rings. The smallest absolute Gasteiger partial charge is 0.264 e. The van der Waals surface area contributed by atoms with Gasteiger partial charge in [0, 0.05) is 61.8 Å². The van der Waals surface area contributed by atoms with Crippen molar-refractivity contribution in [3.8, 4) is 5.75 Å². The Labute approximate surface area is 175 Å². The molecule has 2 aliphatic rings. The first-order valence-electron chi connectivity index (χ1n) is 10.5. The zero-order chi connectivity index (χ0) is 19.8. The molecule has 5 nitrogen and oxygen atoms in total. The summed E-state index contributed by atoms with van der Waals surface area (Å²) in [5, 5.41) is 1.21. The van der Waals surface area contributed by atoms with E-state index in [2.05, 4.69) is 40.1 Å². The van der Waals surface area contributed by atoms with Crippen LogP contribution < -0.4 is 9.64 Å². The van der Waals surface area contributed by atoms with Gasteiger partial charge in [0.25, 0.3) is 5.91 Å². The van der Waals surface area contributed by atoms with E-state index in [0.717, 1.165) is 42.5 Å². The third kappa shape index (κ3) is 3.62. The number of carbonyl (C=O) groups excluding carboxylic acids is 1. The molecule has 3 heterocycles. The number of hydrogen-bond acceptors (Lipinski definition) is 4. The van der Waals surface area contributed by atoms with Gasteiger partial charge in [-0.3, -0.25) is 4.79 Å². The van der Waals surface area contributed by atoms with Gasteiger partial charge in [-0.2, -0.15) is 0 Å². The number of anilines is 1. The maximum atomic E-state index is 13.0. The van der Waals surface area contributed by atoms with Crippen molar-refractivity contribution in [1.82, 2.24) is 9.47 Å². The zero-order valence-corrected chi connectivity index (χ0v) is 17.7. The number of benzene rings is 1. The second kappa shape index (κ2) is 7.75. The van der Waals surface area contributed by atoms with Crippen LogP contribution in [0.5, 0.6) is 5.75 Å². The summed E-state index contributed by atoms with van der Waals surface area (Å²) in [7, 11) is 1.69. The topological polar surface area (TPSA) is 37.7 Å². The number of methoxy groups -OCH3 is 1. The van der Waals surface area contributed by atoms with Crippen LogP contribution in [-0.2, 0) is 0 Å². The average molecular weight is 410 g/mol. The van der Waals surface area contributed by atoms with Crippen LogP contribution in [0.2, 0.25) is 0 Å². The number of fused-ring (bicyclic) bond motifs is 1. The Hall–Kier alpha value is -2.47. The number of nitrogens with zero attached hydrogens (tertiary/aromatic N) is 3. The lowest BCUT2D eigenvalue weighted by Crippen LogP contribution is -2.48. The van der Waals surface area contributed by atoms with E-state index in [1.807, 2.05) is 17.0 Å². The molecule has 0 bridgehead atoms. The fourth-order valence-electron chi connectivity index (χ4n) is 4.60. The number of carbonyl (C=O) groups is 1. The highest BCUT2D eigenvalue weighted by atomic mass is 32.1. The van der Waals surface area contributed by atoms with Crippen LogP contribution in [0, 0.1) is 0 Å². The van der Waals surface area contributed by atoms with Crippen molar-refractivity contribution >= 4 is 33.0 Å². The monoisotopic (exact) mass is 409 g/mol. The van der Waals surface area contributed by atoms with Crippen LogP contribution in [0.1, 0.15) is 41.4 Å². The maximum Gasteiger partial charge on any atom is 0.264 e. The summed E-state index contributed by atoms with van der Waals surface area (Å²) in [6.07, 6.45) is 9.72. The molecule has 1 saturated heterocycles. The number of hydrogen-bond donors (Lipinski definition) is 0. The Kier molecular flexibility index (Phi) is 4.96. The lowest BCUT2D eigenvalue weighted by Gasteiger charge is -2.36. The molecule has 2 fully saturated rings. The molecule has 0 unspecified atom stereocenters. The number of thiophene rings is 1. The molecule has 1 amide bonds. The molecule has 2 aromatic heterocycles. The lowest BCUT2D eigenvalue weighted by molar-refractivity contribution is 0.0751. The van der Waals surface area contributed by atoms with Gasteiger partial charge >= 0.3 is 0 Å². The van der Waals surface area contributed by atoms with E-state index >= 15 is 0 Å². The number of piperazine rings is 1. The van der Waals surface area contributed by atoms with Crippen LogP contribution in [0.3, 0.4) is 0 Å². The van der Waals surface area contributed by atoms with Crippen LogP contribution in [0.25, 0.3) is 10.1 Å². The molecule has 0 N–H and O–H groups in total. The SMILES string of the molecule is COc1cccc(N2CCN(C(=O)c3cc4cn(C5CCCC5)cc4s3)CC2)c1. The first-order valence-corrected chi connectivity index (χ1v) is 11.3. The molecule has 0 atom stereocenters. The third-order valence-electron chi connectivity index (χ3n) is 6.29. The number of ether oxygens (including phenoxy) is 1. The molecule has 1 aromatic carbocycles. The fraction of sp³-hybridized carbons (Fsp3) is 0.435. The van der Waals surface area contributed by atoms with E-state index in [1.165, 1.54) is 35.8 Å². The summed E-state index contributed by atoms with van der Waals surface area (Å²) in [4.78, 5) is 18.2.